The van der Waals surface area contributed by atoms with Gasteiger partial charge in [0.25, 0.3) is 11.8 Å². The van der Waals surface area contributed by atoms with Gasteiger partial charge in [0.1, 0.15) is 11.7 Å². The summed E-state index contributed by atoms with van der Waals surface area (Å²) in [6, 6.07) is 9.33. The van der Waals surface area contributed by atoms with Crippen LogP contribution in [0.5, 0.6) is 0 Å². The van der Waals surface area contributed by atoms with Crippen molar-refractivity contribution >= 4 is 23.6 Å². The van der Waals surface area contributed by atoms with E-state index in [-0.39, 0.29) is 18.7 Å². The van der Waals surface area contributed by atoms with Gasteiger partial charge in [0, 0.05) is 45.2 Å². The van der Waals surface area contributed by atoms with Gasteiger partial charge in [-0.15, -0.1) is 0 Å². The van der Waals surface area contributed by atoms with E-state index in [1.54, 1.807) is 0 Å². The Kier molecular flexibility index (Phi) is 5.44. The average Bonchev–Trinajstić information content (AvgIpc) is 2.86. The van der Waals surface area contributed by atoms with E-state index in [2.05, 4.69) is 22.3 Å². The van der Waals surface area contributed by atoms with Crippen LogP contribution in [0.2, 0.25) is 0 Å². The molecule has 29 heavy (non-hydrogen) atoms. The van der Waals surface area contributed by atoms with E-state index in [1.807, 2.05) is 23.1 Å². The van der Waals surface area contributed by atoms with Crippen LogP contribution in [0.3, 0.4) is 0 Å². The molecule has 2 saturated heterocycles. The topological polar surface area (TPSA) is 90.0 Å². The number of carbonyl (C=O) groups excluding carboxylic acids is 4. The summed E-state index contributed by atoms with van der Waals surface area (Å²) in [5.74, 6) is -1.88. The molecule has 4 amide bonds. The Morgan fingerprint density at radius 1 is 0.966 bits per heavy atom. The number of nitrogens with zero attached hydrogens (tertiary/aromatic N) is 3. The molecule has 1 N–H and O–H groups in total. The molecule has 0 aromatic heterocycles. The van der Waals surface area contributed by atoms with E-state index in [0.29, 0.717) is 18.8 Å². The van der Waals surface area contributed by atoms with Gasteiger partial charge in [0.05, 0.1) is 0 Å². The first-order chi connectivity index (χ1) is 14.0. The summed E-state index contributed by atoms with van der Waals surface area (Å²) >= 11 is 0. The Morgan fingerprint density at radius 2 is 1.76 bits per heavy atom. The predicted molar refractivity (Wildman–Crippen MR) is 104 cm³/mol. The van der Waals surface area contributed by atoms with Crippen LogP contribution in [0.15, 0.2) is 42.1 Å². The van der Waals surface area contributed by atoms with E-state index in [4.69, 9.17) is 0 Å². The molecule has 1 unspecified atom stereocenters. The quantitative estimate of drug-likeness (QED) is 0.734. The van der Waals surface area contributed by atoms with Gasteiger partial charge < -0.3 is 4.90 Å². The monoisotopic (exact) mass is 396 g/mol. The van der Waals surface area contributed by atoms with E-state index < -0.39 is 23.8 Å². The summed E-state index contributed by atoms with van der Waals surface area (Å²) in [6.07, 6.45) is 2.51. The Labute approximate surface area is 169 Å². The fraction of sp³-hybridized carbons (Fsp3) is 0.429. The number of piperidine rings is 1. The standard InChI is InChI=1S/C21H24N4O4/c26-18-8-7-16(20(28)22-18)25-19(27)13-17(21(25)29)24-10-4-9-23(11-12-24)14-15-5-2-1-3-6-15/h1-3,5-6,13,16H,4,7-12,14H2,(H,22,26,28). The molecule has 0 radical (unpaired) electrons. The SMILES string of the molecule is O=C1CCC(N2C(=O)C=C(N3CCCN(Cc4ccccc4)CC3)C2=O)C(=O)N1. The zero-order valence-corrected chi connectivity index (χ0v) is 16.2. The van der Waals surface area contributed by atoms with E-state index in [1.165, 1.54) is 11.6 Å². The molecular formula is C21H24N4O4. The summed E-state index contributed by atoms with van der Waals surface area (Å²) in [5, 5.41) is 2.21. The van der Waals surface area contributed by atoms with E-state index in [0.717, 1.165) is 31.0 Å². The maximum Gasteiger partial charge on any atom is 0.277 e. The molecule has 0 aliphatic carbocycles. The minimum Gasteiger partial charge on any atom is -0.366 e. The van der Waals surface area contributed by atoms with Crippen LogP contribution in [0.4, 0.5) is 0 Å². The molecule has 8 nitrogen and oxygen atoms in total. The molecule has 1 aromatic carbocycles. The first kappa shape index (κ1) is 19.3. The molecule has 0 saturated carbocycles. The van der Waals surface area contributed by atoms with Gasteiger partial charge >= 0.3 is 0 Å². The van der Waals surface area contributed by atoms with Gasteiger partial charge in [-0.25, -0.2) is 0 Å². The Morgan fingerprint density at radius 3 is 2.52 bits per heavy atom. The minimum absolute atomic E-state index is 0.126. The van der Waals surface area contributed by atoms with Crippen LogP contribution < -0.4 is 5.32 Å². The maximum absolute atomic E-state index is 12.9. The molecule has 0 spiro atoms. The summed E-state index contributed by atoms with van der Waals surface area (Å²) in [7, 11) is 0. The molecule has 8 heteroatoms. The Balaban J connectivity index is 1.40. The van der Waals surface area contributed by atoms with Crippen LogP contribution in [0, 0.1) is 0 Å². The van der Waals surface area contributed by atoms with E-state index >= 15 is 0 Å². The van der Waals surface area contributed by atoms with Crippen molar-refractivity contribution in [2.24, 2.45) is 0 Å². The lowest BCUT2D eigenvalue weighted by atomic mass is 10.0. The van der Waals surface area contributed by atoms with Crippen LogP contribution >= 0.6 is 0 Å². The number of benzene rings is 1. The largest absolute Gasteiger partial charge is 0.366 e. The third-order valence-corrected chi connectivity index (χ3v) is 5.64. The first-order valence-corrected chi connectivity index (χ1v) is 9.97. The lowest BCUT2D eigenvalue weighted by molar-refractivity contribution is -0.150. The molecule has 3 aliphatic rings. The van der Waals surface area contributed by atoms with E-state index in [9.17, 15) is 19.2 Å². The highest BCUT2D eigenvalue weighted by molar-refractivity contribution is 6.18. The molecule has 2 fully saturated rings. The van der Waals surface area contributed by atoms with Gasteiger partial charge in [0.2, 0.25) is 11.8 Å². The lowest BCUT2D eigenvalue weighted by Gasteiger charge is -2.29. The average molecular weight is 396 g/mol. The highest BCUT2D eigenvalue weighted by Crippen LogP contribution is 2.24. The molecule has 1 atom stereocenters. The van der Waals surface area contributed by atoms with Gasteiger partial charge in [-0.2, -0.15) is 0 Å². The number of carbonyl (C=O) groups is 4. The van der Waals surface area contributed by atoms with Crippen molar-refractivity contribution in [3.8, 4) is 0 Å². The van der Waals surface area contributed by atoms with Crippen molar-refractivity contribution < 1.29 is 19.2 Å². The Hall–Kier alpha value is -3.00. The number of amides is 4. The molecular weight excluding hydrogens is 372 g/mol. The van der Waals surface area contributed by atoms with Gasteiger partial charge in [-0.3, -0.25) is 34.3 Å². The summed E-state index contributed by atoms with van der Waals surface area (Å²) < 4.78 is 0. The molecule has 0 bridgehead atoms. The second-order valence-corrected chi connectivity index (χ2v) is 7.61. The summed E-state index contributed by atoms with van der Waals surface area (Å²) in [6.45, 7) is 3.87. The zero-order chi connectivity index (χ0) is 20.4. The van der Waals surface area contributed by atoms with Crippen LogP contribution in [-0.4, -0.2) is 70.5 Å². The normalized spacial score (nSPS) is 23.9. The molecule has 152 valence electrons. The van der Waals surface area contributed by atoms with Gasteiger partial charge in [0.15, 0.2) is 0 Å². The predicted octanol–water partition coefficient (Wildman–Crippen LogP) is 0.252. The third kappa shape index (κ3) is 4.07. The van der Waals surface area contributed by atoms with Crippen molar-refractivity contribution in [1.82, 2.24) is 20.0 Å². The lowest BCUT2D eigenvalue weighted by Crippen LogP contribution is -2.55. The van der Waals surface area contributed by atoms with Crippen molar-refractivity contribution in [1.29, 1.82) is 0 Å². The molecule has 1 aromatic rings. The Bertz CT molecular complexity index is 867. The van der Waals surface area contributed by atoms with Gasteiger partial charge in [-0.05, 0) is 18.4 Å². The fourth-order valence-electron chi connectivity index (χ4n) is 4.13. The highest BCUT2D eigenvalue weighted by Gasteiger charge is 2.43. The maximum atomic E-state index is 12.9. The van der Waals surface area contributed by atoms with Crippen LogP contribution in [0.25, 0.3) is 0 Å². The van der Waals surface area contributed by atoms with Crippen LogP contribution in [0.1, 0.15) is 24.8 Å². The highest BCUT2D eigenvalue weighted by atomic mass is 16.2. The smallest absolute Gasteiger partial charge is 0.277 e. The fourth-order valence-corrected chi connectivity index (χ4v) is 4.13. The van der Waals surface area contributed by atoms with Crippen molar-refractivity contribution in [2.45, 2.75) is 31.8 Å². The van der Waals surface area contributed by atoms with Crippen molar-refractivity contribution in [2.75, 3.05) is 26.2 Å². The number of hydrogen-bond donors (Lipinski definition) is 1. The molecule has 3 aliphatic heterocycles. The third-order valence-electron chi connectivity index (χ3n) is 5.64. The first-order valence-electron chi connectivity index (χ1n) is 9.97. The number of nitrogens with one attached hydrogen (secondary N) is 1. The number of imide groups is 2. The summed E-state index contributed by atoms with van der Waals surface area (Å²) in [4.78, 5) is 54.2. The van der Waals surface area contributed by atoms with Crippen LogP contribution in [-0.2, 0) is 25.7 Å². The van der Waals surface area contributed by atoms with Gasteiger partial charge in [-0.1, -0.05) is 30.3 Å². The number of rotatable bonds is 4. The van der Waals surface area contributed by atoms with Crippen molar-refractivity contribution in [3.63, 3.8) is 0 Å². The number of hydrogen-bond acceptors (Lipinski definition) is 6. The zero-order valence-electron chi connectivity index (χ0n) is 16.2. The second-order valence-electron chi connectivity index (χ2n) is 7.61. The summed E-state index contributed by atoms with van der Waals surface area (Å²) in [5.41, 5.74) is 1.59. The minimum atomic E-state index is -0.914. The second kappa shape index (κ2) is 8.16. The van der Waals surface area contributed by atoms with Crippen molar-refractivity contribution in [3.05, 3.63) is 47.7 Å². The molecule has 4 rings (SSSR count). The molecule has 3 heterocycles.